The summed E-state index contributed by atoms with van der Waals surface area (Å²) in [6.07, 6.45) is 5.17. The standard InChI is InChI=1S/C25H27FN4O2/c1-17-27-11-12-30(17)22-13-18-15-29(25(31)28-20-7-3-2-4-8-20)16-19(18)14-24(22)32-23-10-6-5-9-21(23)26/h2-12,18-19,22,24H,13-16H2,1H3,(H,28,31)/t18-,19+,22-,24-/m0/s1. The van der Waals surface area contributed by atoms with Crippen molar-refractivity contribution in [1.29, 1.82) is 0 Å². The van der Waals surface area contributed by atoms with Gasteiger partial charge in [-0.25, -0.2) is 14.2 Å². The molecule has 2 aliphatic rings. The molecule has 4 atom stereocenters. The molecule has 1 aliphatic carbocycles. The summed E-state index contributed by atoms with van der Waals surface area (Å²) in [5, 5.41) is 2.99. The van der Waals surface area contributed by atoms with E-state index in [4.69, 9.17) is 4.74 Å². The minimum atomic E-state index is -0.356. The number of rotatable bonds is 4. The first kappa shape index (κ1) is 20.5. The molecule has 7 heteroatoms. The van der Waals surface area contributed by atoms with E-state index in [9.17, 15) is 9.18 Å². The van der Waals surface area contributed by atoms with Crippen LogP contribution in [0.2, 0.25) is 0 Å². The largest absolute Gasteiger partial charge is 0.485 e. The zero-order chi connectivity index (χ0) is 22.1. The van der Waals surface area contributed by atoms with Gasteiger partial charge in [0.25, 0.3) is 0 Å². The minimum Gasteiger partial charge on any atom is -0.485 e. The van der Waals surface area contributed by atoms with Gasteiger partial charge in [-0.05, 0) is 55.9 Å². The second-order valence-corrected chi connectivity index (χ2v) is 8.73. The van der Waals surface area contributed by atoms with Gasteiger partial charge < -0.3 is 19.5 Å². The Kier molecular flexibility index (Phi) is 5.55. The highest BCUT2D eigenvalue weighted by molar-refractivity contribution is 5.89. The van der Waals surface area contributed by atoms with Gasteiger partial charge in [0.05, 0.1) is 6.04 Å². The topological polar surface area (TPSA) is 59.4 Å². The van der Waals surface area contributed by atoms with E-state index in [1.807, 2.05) is 48.4 Å². The number of ether oxygens (including phenoxy) is 1. The first-order valence-electron chi connectivity index (χ1n) is 11.1. The van der Waals surface area contributed by atoms with Gasteiger partial charge in [-0.1, -0.05) is 30.3 Å². The van der Waals surface area contributed by atoms with Gasteiger partial charge in [0.2, 0.25) is 0 Å². The fourth-order valence-corrected chi connectivity index (χ4v) is 5.14. The molecule has 1 N–H and O–H groups in total. The lowest BCUT2D eigenvalue weighted by molar-refractivity contribution is 0.0509. The van der Waals surface area contributed by atoms with Crippen LogP contribution >= 0.6 is 0 Å². The Morgan fingerprint density at radius 3 is 2.50 bits per heavy atom. The summed E-state index contributed by atoms with van der Waals surface area (Å²) >= 11 is 0. The third kappa shape index (κ3) is 4.07. The normalized spacial score (nSPS) is 24.8. The lowest BCUT2D eigenvalue weighted by Crippen LogP contribution is -2.40. The highest BCUT2D eigenvalue weighted by Crippen LogP contribution is 2.43. The van der Waals surface area contributed by atoms with Crippen molar-refractivity contribution in [3.63, 3.8) is 0 Å². The molecule has 166 valence electrons. The van der Waals surface area contributed by atoms with Gasteiger partial charge in [-0.15, -0.1) is 0 Å². The number of halogens is 1. The van der Waals surface area contributed by atoms with E-state index in [0.29, 0.717) is 24.9 Å². The number of likely N-dealkylation sites (tertiary alicyclic amines) is 1. The number of nitrogens with zero attached hydrogens (tertiary/aromatic N) is 3. The number of urea groups is 1. The predicted octanol–water partition coefficient (Wildman–Crippen LogP) is 4.89. The van der Waals surface area contributed by atoms with Gasteiger partial charge >= 0.3 is 6.03 Å². The van der Waals surface area contributed by atoms with E-state index in [1.165, 1.54) is 6.07 Å². The molecule has 1 saturated heterocycles. The zero-order valence-corrected chi connectivity index (χ0v) is 18.0. The smallest absolute Gasteiger partial charge is 0.321 e. The summed E-state index contributed by atoms with van der Waals surface area (Å²) < 4.78 is 22.7. The minimum absolute atomic E-state index is 0.0375. The van der Waals surface area contributed by atoms with Crippen LogP contribution in [0.1, 0.15) is 24.7 Å². The molecular weight excluding hydrogens is 407 g/mol. The summed E-state index contributed by atoms with van der Waals surface area (Å²) in [4.78, 5) is 19.1. The molecule has 0 bridgehead atoms. The number of imidazole rings is 1. The van der Waals surface area contributed by atoms with Crippen LogP contribution in [0.4, 0.5) is 14.9 Å². The first-order valence-corrected chi connectivity index (χ1v) is 11.1. The number of amides is 2. The van der Waals surface area contributed by atoms with Crippen LogP contribution in [0.3, 0.4) is 0 Å². The second-order valence-electron chi connectivity index (χ2n) is 8.73. The Bertz CT molecular complexity index is 1090. The summed E-state index contributed by atoms with van der Waals surface area (Å²) in [6.45, 7) is 3.36. The van der Waals surface area contributed by atoms with Crippen LogP contribution in [-0.2, 0) is 0 Å². The first-order chi connectivity index (χ1) is 15.6. The van der Waals surface area contributed by atoms with Crippen molar-refractivity contribution in [2.75, 3.05) is 18.4 Å². The molecule has 32 heavy (non-hydrogen) atoms. The highest BCUT2D eigenvalue weighted by Gasteiger charge is 2.45. The summed E-state index contributed by atoms with van der Waals surface area (Å²) in [6, 6.07) is 16.0. The molecule has 1 saturated carbocycles. The number of hydrogen-bond donors (Lipinski definition) is 1. The lowest BCUT2D eigenvalue weighted by Gasteiger charge is -2.39. The van der Waals surface area contributed by atoms with Crippen molar-refractivity contribution in [2.45, 2.75) is 31.9 Å². The Balaban J connectivity index is 1.34. The monoisotopic (exact) mass is 434 g/mol. The molecule has 5 rings (SSSR count). The van der Waals surface area contributed by atoms with Gasteiger partial charge in [-0.3, -0.25) is 0 Å². The third-order valence-corrected chi connectivity index (χ3v) is 6.73. The Labute approximate surface area is 187 Å². The molecule has 6 nitrogen and oxygen atoms in total. The third-order valence-electron chi connectivity index (χ3n) is 6.73. The van der Waals surface area contributed by atoms with Gasteiger partial charge in [0.15, 0.2) is 11.6 Å². The van der Waals surface area contributed by atoms with Crippen molar-refractivity contribution < 1.29 is 13.9 Å². The number of aryl methyl sites for hydroxylation is 1. The maximum Gasteiger partial charge on any atom is 0.321 e. The van der Waals surface area contributed by atoms with Crippen molar-refractivity contribution in [1.82, 2.24) is 14.5 Å². The number of fused-ring (bicyclic) bond motifs is 1. The predicted molar refractivity (Wildman–Crippen MR) is 120 cm³/mol. The number of para-hydroxylation sites is 2. The number of nitrogens with one attached hydrogen (secondary N) is 1. The van der Waals surface area contributed by atoms with Crippen LogP contribution < -0.4 is 10.1 Å². The van der Waals surface area contributed by atoms with Crippen LogP contribution in [0.5, 0.6) is 5.75 Å². The molecule has 2 amide bonds. The Morgan fingerprint density at radius 1 is 1.06 bits per heavy atom. The average Bonchev–Trinajstić information content (AvgIpc) is 3.41. The van der Waals surface area contributed by atoms with Crippen molar-refractivity contribution in [3.8, 4) is 5.75 Å². The quantitative estimate of drug-likeness (QED) is 0.636. The van der Waals surface area contributed by atoms with Crippen LogP contribution in [0.25, 0.3) is 0 Å². The SMILES string of the molecule is Cc1nccn1[C@H]1C[C@H]2CN(C(=O)Nc3ccccc3)C[C@H]2C[C@@H]1Oc1ccccc1F. The molecule has 1 aliphatic heterocycles. The number of anilines is 1. The fourth-order valence-electron chi connectivity index (χ4n) is 5.14. The summed E-state index contributed by atoms with van der Waals surface area (Å²) in [5.74, 6) is 1.51. The van der Waals surface area contributed by atoms with E-state index in [0.717, 1.165) is 24.4 Å². The Hall–Kier alpha value is -3.35. The maximum absolute atomic E-state index is 14.3. The number of carbonyl (C=O) groups is 1. The van der Waals surface area contributed by atoms with Gasteiger partial charge in [-0.2, -0.15) is 0 Å². The molecule has 0 radical (unpaired) electrons. The number of aromatic nitrogens is 2. The second kappa shape index (κ2) is 8.65. The van der Waals surface area contributed by atoms with Crippen molar-refractivity contribution >= 4 is 11.7 Å². The van der Waals surface area contributed by atoms with E-state index < -0.39 is 0 Å². The molecule has 0 spiro atoms. The van der Waals surface area contributed by atoms with Crippen LogP contribution in [-0.4, -0.2) is 39.7 Å². The number of hydrogen-bond acceptors (Lipinski definition) is 3. The Morgan fingerprint density at radius 2 is 1.78 bits per heavy atom. The number of benzene rings is 2. The van der Waals surface area contributed by atoms with E-state index >= 15 is 0 Å². The van der Waals surface area contributed by atoms with Crippen molar-refractivity contribution in [3.05, 3.63) is 78.6 Å². The average molecular weight is 435 g/mol. The molecule has 2 heterocycles. The van der Waals surface area contributed by atoms with E-state index in [1.54, 1.807) is 24.4 Å². The van der Waals surface area contributed by atoms with Crippen molar-refractivity contribution in [2.24, 2.45) is 11.8 Å². The summed E-state index contributed by atoms with van der Waals surface area (Å²) in [5.41, 5.74) is 0.792. The van der Waals surface area contributed by atoms with Gasteiger partial charge in [0.1, 0.15) is 11.9 Å². The van der Waals surface area contributed by atoms with Crippen LogP contribution in [0, 0.1) is 24.6 Å². The van der Waals surface area contributed by atoms with Gasteiger partial charge in [0, 0.05) is 31.2 Å². The summed E-state index contributed by atoms with van der Waals surface area (Å²) in [7, 11) is 0. The maximum atomic E-state index is 14.3. The number of carbonyl (C=O) groups excluding carboxylic acids is 1. The molecule has 1 aromatic heterocycles. The van der Waals surface area contributed by atoms with E-state index in [-0.39, 0.29) is 29.7 Å². The fraction of sp³-hybridized carbons (Fsp3) is 0.360. The van der Waals surface area contributed by atoms with E-state index in [2.05, 4.69) is 14.9 Å². The molecular formula is C25H27FN4O2. The highest BCUT2D eigenvalue weighted by atomic mass is 19.1. The molecule has 3 aromatic rings. The molecule has 2 aromatic carbocycles. The molecule has 0 unspecified atom stereocenters. The van der Waals surface area contributed by atoms with Crippen LogP contribution in [0.15, 0.2) is 67.0 Å². The molecule has 2 fully saturated rings. The lowest BCUT2D eigenvalue weighted by atomic mass is 9.77. The zero-order valence-electron chi connectivity index (χ0n) is 18.0.